The highest BCUT2D eigenvalue weighted by atomic mass is 32.3. The summed E-state index contributed by atoms with van der Waals surface area (Å²) in [6.45, 7) is 1.32. The fourth-order valence-electron chi connectivity index (χ4n) is 1.42. The standard InChI is InChI=1S/C12H15F5O8S2/c1-7(2)10(19)24-5-8(18)25-6-11(13,14)4-9(26(3,20)21)27(22,23)12(15,16)17/h9H,1,4-6H2,2-3H3. The molecule has 0 aliphatic carbocycles. The molecule has 0 rings (SSSR count). The molecule has 0 saturated heterocycles. The summed E-state index contributed by atoms with van der Waals surface area (Å²) in [6.07, 6.45) is -2.26. The van der Waals surface area contributed by atoms with E-state index in [0.717, 1.165) is 0 Å². The van der Waals surface area contributed by atoms with Crippen molar-refractivity contribution in [3.63, 3.8) is 0 Å². The summed E-state index contributed by atoms with van der Waals surface area (Å²) in [5.41, 5.74) is -6.22. The Morgan fingerprint density at radius 2 is 1.52 bits per heavy atom. The smallest absolute Gasteiger partial charge is 0.457 e. The lowest BCUT2D eigenvalue weighted by Gasteiger charge is -2.23. The first-order chi connectivity index (χ1) is 11.8. The number of alkyl halides is 5. The molecule has 0 bridgehead atoms. The molecule has 0 aromatic carbocycles. The minimum atomic E-state index is -6.49. The zero-order valence-corrected chi connectivity index (χ0v) is 15.5. The van der Waals surface area contributed by atoms with Crippen molar-refractivity contribution in [2.24, 2.45) is 0 Å². The molecule has 158 valence electrons. The Balaban J connectivity index is 5.17. The first-order valence-electron chi connectivity index (χ1n) is 6.66. The van der Waals surface area contributed by atoms with Crippen LogP contribution in [0.1, 0.15) is 13.3 Å². The molecule has 0 aromatic heterocycles. The van der Waals surface area contributed by atoms with E-state index in [1.807, 2.05) is 0 Å². The van der Waals surface area contributed by atoms with Gasteiger partial charge in [0.05, 0.1) is 0 Å². The number of rotatable bonds is 9. The van der Waals surface area contributed by atoms with Gasteiger partial charge in [-0.1, -0.05) is 6.58 Å². The maximum atomic E-state index is 13.7. The van der Waals surface area contributed by atoms with Gasteiger partial charge in [-0.05, 0) is 6.92 Å². The average Bonchev–Trinajstić information content (AvgIpc) is 2.45. The van der Waals surface area contributed by atoms with Crippen LogP contribution in [0.3, 0.4) is 0 Å². The van der Waals surface area contributed by atoms with Crippen LogP contribution in [0.2, 0.25) is 0 Å². The number of hydrogen-bond donors (Lipinski definition) is 0. The van der Waals surface area contributed by atoms with Crippen LogP contribution in [-0.2, 0) is 38.7 Å². The predicted molar refractivity (Wildman–Crippen MR) is 79.9 cm³/mol. The minimum Gasteiger partial charge on any atom is -0.457 e. The third kappa shape index (κ3) is 7.78. The second-order valence-corrected chi connectivity index (χ2v) is 9.98. The average molecular weight is 446 g/mol. The van der Waals surface area contributed by atoms with Crippen molar-refractivity contribution in [2.75, 3.05) is 19.5 Å². The number of esters is 2. The molecule has 0 N–H and O–H groups in total. The lowest BCUT2D eigenvalue weighted by molar-refractivity contribution is -0.164. The summed E-state index contributed by atoms with van der Waals surface area (Å²) in [5.74, 6) is -7.02. The second-order valence-electron chi connectivity index (χ2n) is 5.33. The van der Waals surface area contributed by atoms with Crippen molar-refractivity contribution in [3.8, 4) is 0 Å². The van der Waals surface area contributed by atoms with E-state index in [4.69, 9.17) is 0 Å². The first kappa shape index (κ1) is 25.2. The molecule has 0 heterocycles. The molecule has 0 radical (unpaired) electrons. The van der Waals surface area contributed by atoms with Crippen LogP contribution < -0.4 is 0 Å². The number of carbonyl (C=O) groups excluding carboxylic acids is 2. The molecule has 0 saturated carbocycles. The summed E-state index contributed by atoms with van der Waals surface area (Å²) in [4.78, 5) is 22.2. The number of carbonyl (C=O) groups is 2. The van der Waals surface area contributed by atoms with Crippen molar-refractivity contribution in [1.29, 1.82) is 0 Å². The molecule has 15 heteroatoms. The Hall–Kier alpha value is -1.77. The van der Waals surface area contributed by atoms with E-state index in [-0.39, 0.29) is 11.8 Å². The normalized spacial score (nSPS) is 14.3. The van der Waals surface area contributed by atoms with Gasteiger partial charge < -0.3 is 9.47 Å². The van der Waals surface area contributed by atoms with Crippen molar-refractivity contribution in [1.82, 2.24) is 0 Å². The molecule has 0 fully saturated rings. The van der Waals surface area contributed by atoms with Crippen LogP contribution in [-0.4, -0.2) is 64.3 Å². The number of sulfone groups is 2. The summed E-state index contributed by atoms with van der Waals surface area (Å²) in [6, 6.07) is 0. The van der Waals surface area contributed by atoms with Gasteiger partial charge in [0.2, 0.25) is 0 Å². The molecule has 0 aliphatic rings. The van der Waals surface area contributed by atoms with Crippen LogP contribution in [0.4, 0.5) is 22.0 Å². The maximum absolute atomic E-state index is 13.7. The highest BCUT2D eigenvalue weighted by Crippen LogP contribution is 2.35. The third-order valence-electron chi connectivity index (χ3n) is 2.73. The number of ether oxygens (including phenoxy) is 2. The van der Waals surface area contributed by atoms with Gasteiger partial charge in [0.25, 0.3) is 15.8 Å². The van der Waals surface area contributed by atoms with Gasteiger partial charge in [-0.25, -0.2) is 35.2 Å². The van der Waals surface area contributed by atoms with Crippen molar-refractivity contribution >= 4 is 31.6 Å². The Morgan fingerprint density at radius 1 is 1.04 bits per heavy atom. The summed E-state index contributed by atoms with van der Waals surface area (Å²) in [7, 11) is -11.6. The predicted octanol–water partition coefficient (Wildman–Crippen LogP) is 0.980. The van der Waals surface area contributed by atoms with Crippen molar-refractivity contribution in [2.45, 2.75) is 29.4 Å². The third-order valence-corrected chi connectivity index (χ3v) is 7.16. The van der Waals surface area contributed by atoms with Crippen LogP contribution in [0.25, 0.3) is 0 Å². The molecule has 27 heavy (non-hydrogen) atoms. The number of halogens is 5. The van der Waals surface area contributed by atoms with Crippen molar-refractivity contribution in [3.05, 3.63) is 12.2 Å². The number of hydrogen-bond acceptors (Lipinski definition) is 8. The Morgan fingerprint density at radius 3 is 1.89 bits per heavy atom. The van der Waals surface area contributed by atoms with Gasteiger partial charge in [-0.3, -0.25) is 0 Å². The molecule has 8 nitrogen and oxygen atoms in total. The first-order valence-corrected chi connectivity index (χ1v) is 10.2. The zero-order valence-electron chi connectivity index (χ0n) is 13.9. The van der Waals surface area contributed by atoms with E-state index >= 15 is 0 Å². The van der Waals surface area contributed by atoms with Crippen LogP contribution in [0, 0.1) is 0 Å². The molecule has 0 aliphatic heterocycles. The lowest BCUT2D eigenvalue weighted by atomic mass is 10.3. The largest absolute Gasteiger partial charge is 0.498 e. The molecular weight excluding hydrogens is 431 g/mol. The SMILES string of the molecule is C=C(C)C(=O)OCC(=O)OCC(F)(F)CC(S(C)(=O)=O)S(=O)(=O)C(F)(F)F. The summed E-state index contributed by atoms with van der Waals surface area (Å²) < 4.78 is 115. The van der Waals surface area contributed by atoms with E-state index in [2.05, 4.69) is 16.1 Å². The molecule has 0 amide bonds. The van der Waals surface area contributed by atoms with E-state index in [1.165, 1.54) is 6.92 Å². The van der Waals surface area contributed by atoms with Crippen LogP contribution >= 0.6 is 0 Å². The van der Waals surface area contributed by atoms with Gasteiger partial charge in [0.1, 0.15) is 0 Å². The van der Waals surface area contributed by atoms with Gasteiger partial charge >= 0.3 is 17.4 Å². The molecule has 1 atom stereocenters. The summed E-state index contributed by atoms with van der Waals surface area (Å²) >= 11 is 0. The van der Waals surface area contributed by atoms with Crippen molar-refractivity contribution < 1.29 is 57.9 Å². The molecule has 0 spiro atoms. The van der Waals surface area contributed by atoms with Gasteiger partial charge in [0, 0.05) is 18.2 Å². The van der Waals surface area contributed by atoms with Crippen LogP contribution in [0.15, 0.2) is 12.2 Å². The van der Waals surface area contributed by atoms with Gasteiger partial charge in [-0.2, -0.15) is 13.2 Å². The fourth-order valence-corrected chi connectivity index (χ4v) is 4.89. The second kappa shape index (κ2) is 8.50. The molecule has 0 aromatic rings. The van der Waals surface area contributed by atoms with E-state index < -0.39 is 67.3 Å². The van der Waals surface area contributed by atoms with E-state index in [0.29, 0.717) is 0 Å². The van der Waals surface area contributed by atoms with Crippen LogP contribution in [0.5, 0.6) is 0 Å². The van der Waals surface area contributed by atoms with E-state index in [1.54, 1.807) is 0 Å². The van der Waals surface area contributed by atoms with E-state index in [9.17, 15) is 48.4 Å². The topological polar surface area (TPSA) is 121 Å². The molecule has 1 unspecified atom stereocenters. The molecular formula is C12H15F5O8S2. The quantitative estimate of drug-likeness (QED) is 0.292. The lowest BCUT2D eigenvalue weighted by Crippen LogP contribution is -2.44. The zero-order chi connectivity index (χ0) is 21.8. The fraction of sp³-hybridized carbons (Fsp3) is 0.667. The highest BCUT2D eigenvalue weighted by Gasteiger charge is 2.57. The Kier molecular flexibility index (Phi) is 7.94. The van der Waals surface area contributed by atoms with Gasteiger partial charge in [0.15, 0.2) is 27.6 Å². The Labute approximate surface area is 151 Å². The van der Waals surface area contributed by atoms with Gasteiger partial charge in [-0.15, -0.1) is 0 Å². The highest BCUT2D eigenvalue weighted by molar-refractivity contribution is 8.09. The minimum absolute atomic E-state index is 0.0418. The maximum Gasteiger partial charge on any atom is 0.498 e. The Bertz CT molecular complexity index is 798. The monoisotopic (exact) mass is 446 g/mol. The summed E-state index contributed by atoms with van der Waals surface area (Å²) in [5, 5.41) is 0.